The summed E-state index contributed by atoms with van der Waals surface area (Å²) >= 11 is 1.32. The quantitative estimate of drug-likeness (QED) is 0.844. The van der Waals surface area contributed by atoms with E-state index in [-0.39, 0.29) is 18.6 Å². The Labute approximate surface area is 115 Å². The lowest BCUT2D eigenvalue weighted by molar-refractivity contribution is 0.0939. The van der Waals surface area contributed by atoms with Crippen LogP contribution in [0.2, 0.25) is 0 Å². The number of amides is 1. The minimum absolute atomic E-state index is 0.193. The average Bonchev–Trinajstić information content (AvgIpc) is 3.07. The van der Waals surface area contributed by atoms with E-state index < -0.39 is 0 Å². The van der Waals surface area contributed by atoms with Gasteiger partial charge < -0.3 is 14.8 Å². The van der Waals surface area contributed by atoms with Crippen molar-refractivity contribution in [3.8, 4) is 11.8 Å². The van der Waals surface area contributed by atoms with Gasteiger partial charge in [-0.15, -0.1) is 11.3 Å². The summed E-state index contributed by atoms with van der Waals surface area (Å²) in [4.78, 5) is 12.7. The van der Waals surface area contributed by atoms with E-state index in [0.29, 0.717) is 16.2 Å². The van der Waals surface area contributed by atoms with Gasteiger partial charge in [0.15, 0.2) is 0 Å². The summed E-state index contributed by atoms with van der Waals surface area (Å²) in [5.41, 5.74) is 0.628. The van der Waals surface area contributed by atoms with E-state index in [1.54, 1.807) is 23.8 Å². The van der Waals surface area contributed by atoms with Crippen molar-refractivity contribution in [2.75, 3.05) is 6.61 Å². The van der Waals surface area contributed by atoms with Gasteiger partial charge in [0, 0.05) is 5.56 Å². The van der Waals surface area contributed by atoms with Gasteiger partial charge in [-0.2, -0.15) is 0 Å². The lowest BCUT2D eigenvalue weighted by Crippen LogP contribution is -2.26. The molecule has 0 aliphatic heterocycles. The summed E-state index contributed by atoms with van der Waals surface area (Å²) in [6, 6.07) is 5.15. The molecule has 1 unspecified atom stereocenters. The minimum atomic E-state index is -0.223. The van der Waals surface area contributed by atoms with Gasteiger partial charge in [0.05, 0.1) is 12.3 Å². The van der Waals surface area contributed by atoms with Gasteiger partial charge in [0.2, 0.25) is 0 Å². The molecule has 2 rings (SSSR count). The third-order valence-electron chi connectivity index (χ3n) is 2.49. The predicted molar refractivity (Wildman–Crippen MR) is 72.9 cm³/mol. The first kappa shape index (κ1) is 13.4. The molecular weight excluding hydrogens is 262 g/mol. The molecular formula is C14H13NO3S. The normalized spacial score (nSPS) is 11.5. The fraction of sp³-hybridized carbons (Fsp3) is 0.214. The van der Waals surface area contributed by atoms with Crippen molar-refractivity contribution in [3.05, 3.63) is 46.0 Å². The smallest absolute Gasteiger partial charge is 0.263 e. The second-order valence-corrected chi connectivity index (χ2v) is 4.75. The zero-order valence-electron chi connectivity index (χ0n) is 10.3. The summed E-state index contributed by atoms with van der Waals surface area (Å²) in [6.45, 7) is 1.63. The molecule has 1 atom stereocenters. The Morgan fingerprint density at radius 3 is 3.11 bits per heavy atom. The first-order valence-corrected chi connectivity index (χ1v) is 6.62. The molecule has 0 aliphatic rings. The number of carbonyl (C=O) groups is 1. The molecule has 98 valence electrons. The van der Waals surface area contributed by atoms with Crippen LogP contribution < -0.4 is 5.32 Å². The standard InChI is InChI=1S/C14H13NO3S/c1-10(12-5-3-8-18-12)15-14(17)13-11(4-2-7-16)6-9-19-13/h3,5-6,8-10,16H,7H2,1H3,(H,15,17). The third kappa shape index (κ3) is 3.25. The van der Waals surface area contributed by atoms with Crippen molar-refractivity contribution < 1.29 is 14.3 Å². The van der Waals surface area contributed by atoms with E-state index in [4.69, 9.17) is 9.52 Å². The van der Waals surface area contributed by atoms with Crippen LogP contribution in [0, 0.1) is 11.8 Å². The van der Waals surface area contributed by atoms with Crippen LogP contribution in [0.1, 0.15) is 34.0 Å². The summed E-state index contributed by atoms with van der Waals surface area (Å²) in [5.74, 6) is 5.81. The zero-order chi connectivity index (χ0) is 13.7. The highest BCUT2D eigenvalue weighted by Gasteiger charge is 2.16. The van der Waals surface area contributed by atoms with Gasteiger partial charge in [0.25, 0.3) is 5.91 Å². The molecule has 0 radical (unpaired) electrons. The monoisotopic (exact) mass is 275 g/mol. The second-order valence-electron chi connectivity index (χ2n) is 3.83. The molecule has 4 nitrogen and oxygen atoms in total. The van der Waals surface area contributed by atoms with E-state index >= 15 is 0 Å². The molecule has 0 saturated heterocycles. The van der Waals surface area contributed by atoms with Crippen LogP contribution in [-0.4, -0.2) is 17.6 Å². The van der Waals surface area contributed by atoms with Crippen LogP contribution in [0.5, 0.6) is 0 Å². The van der Waals surface area contributed by atoms with E-state index in [1.165, 1.54) is 11.3 Å². The number of hydrogen-bond donors (Lipinski definition) is 2. The molecule has 2 aromatic heterocycles. The highest BCUT2D eigenvalue weighted by Crippen LogP contribution is 2.18. The largest absolute Gasteiger partial charge is 0.467 e. The van der Waals surface area contributed by atoms with Gasteiger partial charge in [-0.25, -0.2) is 0 Å². The van der Waals surface area contributed by atoms with Gasteiger partial charge >= 0.3 is 0 Å². The van der Waals surface area contributed by atoms with Crippen LogP contribution in [0.25, 0.3) is 0 Å². The topological polar surface area (TPSA) is 62.5 Å². The molecule has 0 aliphatic carbocycles. The summed E-state index contributed by atoms with van der Waals surface area (Å²) < 4.78 is 5.24. The molecule has 1 amide bonds. The first-order valence-electron chi connectivity index (χ1n) is 5.74. The van der Waals surface area contributed by atoms with Gasteiger partial charge in [-0.05, 0) is 30.5 Å². The lowest BCUT2D eigenvalue weighted by Gasteiger charge is -2.10. The number of aliphatic hydroxyl groups excluding tert-OH is 1. The maximum Gasteiger partial charge on any atom is 0.263 e. The fourth-order valence-corrected chi connectivity index (χ4v) is 2.34. The van der Waals surface area contributed by atoms with Gasteiger partial charge in [-0.3, -0.25) is 4.79 Å². The van der Waals surface area contributed by atoms with Crippen LogP contribution in [0.15, 0.2) is 34.3 Å². The number of hydrogen-bond acceptors (Lipinski definition) is 4. The fourth-order valence-electron chi connectivity index (χ4n) is 1.59. The maximum atomic E-state index is 12.1. The summed E-state index contributed by atoms with van der Waals surface area (Å²) in [7, 11) is 0. The Morgan fingerprint density at radius 1 is 1.58 bits per heavy atom. The molecule has 0 saturated carbocycles. The SMILES string of the molecule is CC(NC(=O)c1sccc1C#CCO)c1ccco1. The number of thiophene rings is 1. The van der Waals surface area contributed by atoms with E-state index in [2.05, 4.69) is 17.2 Å². The van der Waals surface area contributed by atoms with Crippen molar-refractivity contribution in [2.45, 2.75) is 13.0 Å². The Hall–Kier alpha value is -2.03. The van der Waals surface area contributed by atoms with Gasteiger partial charge in [0.1, 0.15) is 17.2 Å². The van der Waals surface area contributed by atoms with Crippen LogP contribution in [0.4, 0.5) is 0 Å². The molecule has 2 N–H and O–H groups in total. The number of nitrogens with one attached hydrogen (secondary N) is 1. The summed E-state index contributed by atoms with van der Waals surface area (Å²) in [5, 5.41) is 13.3. The number of carbonyl (C=O) groups excluding carboxylic acids is 1. The van der Waals surface area contributed by atoms with Crippen molar-refractivity contribution >= 4 is 17.2 Å². The molecule has 19 heavy (non-hydrogen) atoms. The number of furan rings is 1. The Kier molecular flexibility index (Phi) is 4.39. The Morgan fingerprint density at radius 2 is 2.42 bits per heavy atom. The van der Waals surface area contributed by atoms with Crippen LogP contribution in [0.3, 0.4) is 0 Å². The minimum Gasteiger partial charge on any atom is -0.467 e. The first-order chi connectivity index (χ1) is 9.22. The Balaban J connectivity index is 2.10. The highest BCUT2D eigenvalue weighted by molar-refractivity contribution is 7.12. The van der Waals surface area contributed by atoms with Crippen molar-refractivity contribution in [2.24, 2.45) is 0 Å². The molecule has 2 aromatic rings. The molecule has 0 fully saturated rings. The summed E-state index contributed by atoms with van der Waals surface area (Å²) in [6.07, 6.45) is 1.57. The Bertz CT molecular complexity index is 604. The zero-order valence-corrected chi connectivity index (χ0v) is 11.2. The van der Waals surface area contributed by atoms with Crippen molar-refractivity contribution in [3.63, 3.8) is 0 Å². The highest BCUT2D eigenvalue weighted by atomic mass is 32.1. The van der Waals surface area contributed by atoms with Crippen LogP contribution >= 0.6 is 11.3 Å². The van der Waals surface area contributed by atoms with Gasteiger partial charge in [-0.1, -0.05) is 11.8 Å². The van der Waals surface area contributed by atoms with Crippen LogP contribution in [-0.2, 0) is 0 Å². The molecule has 0 bridgehead atoms. The predicted octanol–water partition coefficient (Wildman–Crippen LogP) is 2.18. The molecule has 2 heterocycles. The third-order valence-corrected chi connectivity index (χ3v) is 3.40. The van der Waals surface area contributed by atoms with E-state index in [1.807, 2.05) is 13.0 Å². The average molecular weight is 275 g/mol. The molecule has 5 heteroatoms. The number of rotatable bonds is 3. The number of aliphatic hydroxyl groups is 1. The molecule has 0 aromatic carbocycles. The van der Waals surface area contributed by atoms with Crippen molar-refractivity contribution in [1.82, 2.24) is 5.32 Å². The van der Waals surface area contributed by atoms with E-state index in [9.17, 15) is 4.79 Å². The lowest BCUT2D eigenvalue weighted by atomic mass is 10.2. The second kappa shape index (κ2) is 6.23. The van der Waals surface area contributed by atoms with Crippen molar-refractivity contribution in [1.29, 1.82) is 0 Å². The van der Waals surface area contributed by atoms with E-state index in [0.717, 1.165) is 0 Å². The molecule has 0 spiro atoms. The maximum absolute atomic E-state index is 12.1.